The molecule has 0 aliphatic carbocycles. The molecule has 2 saturated heterocycles. The number of nitrogens with zero attached hydrogens (tertiary/aromatic N) is 2. The monoisotopic (exact) mass is 336 g/mol. The number of rotatable bonds is 3. The summed E-state index contributed by atoms with van der Waals surface area (Å²) in [5.41, 5.74) is 2.12. The second-order valence-electron chi connectivity index (χ2n) is 6.85. The van der Waals surface area contributed by atoms with Crippen LogP contribution in [-0.2, 0) is 28.0 Å². The van der Waals surface area contributed by atoms with Gasteiger partial charge in [0.25, 0.3) is 0 Å². The first-order valence-corrected chi connectivity index (χ1v) is 9.99. The highest BCUT2D eigenvalue weighted by atomic mass is 32.2. The maximum absolute atomic E-state index is 13.2. The van der Waals surface area contributed by atoms with Crippen LogP contribution in [0.15, 0.2) is 23.1 Å². The van der Waals surface area contributed by atoms with Gasteiger partial charge in [0, 0.05) is 25.2 Å². The molecule has 2 fully saturated rings. The van der Waals surface area contributed by atoms with E-state index in [1.807, 2.05) is 12.1 Å². The van der Waals surface area contributed by atoms with Crippen LogP contribution in [0.25, 0.3) is 0 Å². The summed E-state index contributed by atoms with van der Waals surface area (Å²) >= 11 is 0. The number of fused-ring (bicyclic) bond motifs is 2. The van der Waals surface area contributed by atoms with Gasteiger partial charge in [0.15, 0.2) is 0 Å². The number of piperazine rings is 1. The van der Waals surface area contributed by atoms with Gasteiger partial charge in [0.2, 0.25) is 10.0 Å². The van der Waals surface area contributed by atoms with Crippen LogP contribution in [-0.4, -0.2) is 49.3 Å². The lowest BCUT2D eigenvalue weighted by molar-refractivity contribution is 0.106. The third kappa shape index (κ3) is 2.61. The first-order valence-electron chi connectivity index (χ1n) is 8.55. The van der Waals surface area contributed by atoms with E-state index in [-0.39, 0.29) is 6.04 Å². The van der Waals surface area contributed by atoms with Crippen LogP contribution >= 0.6 is 0 Å². The topological polar surface area (TPSA) is 49.9 Å². The van der Waals surface area contributed by atoms with Gasteiger partial charge in [-0.15, -0.1) is 0 Å². The van der Waals surface area contributed by atoms with Crippen molar-refractivity contribution in [1.29, 1.82) is 0 Å². The number of sulfonamides is 1. The quantitative estimate of drug-likeness (QED) is 0.847. The average molecular weight is 336 g/mol. The number of hydrogen-bond donors (Lipinski definition) is 0. The predicted octanol–water partition coefficient (Wildman–Crippen LogP) is 1.96. The van der Waals surface area contributed by atoms with Crippen molar-refractivity contribution in [1.82, 2.24) is 9.21 Å². The van der Waals surface area contributed by atoms with Gasteiger partial charge in [0.1, 0.15) is 0 Å². The zero-order valence-electron chi connectivity index (χ0n) is 13.6. The maximum Gasteiger partial charge on any atom is 0.243 e. The zero-order valence-corrected chi connectivity index (χ0v) is 14.4. The van der Waals surface area contributed by atoms with E-state index in [1.54, 1.807) is 10.4 Å². The van der Waals surface area contributed by atoms with E-state index in [0.717, 1.165) is 37.1 Å². The van der Waals surface area contributed by atoms with Crippen molar-refractivity contribution in [3.8, 4) is 0 Å². The van der Waals surface area contributed by atoms with Crippen molar-refractivity contribution >= 4 is 10.0 Å². The molecule has 3 aliphatic rings. The largest absolute Gasteiger partial charge is 0.372 e. The summed E-state index contributed by atoms with van der Waals surface area (Å²) in [6.07, 6.45) is 3.15. The molecule has 0 N–H and O–H groups in total. The predicted molar refractivity (Wildman–Crippen MR) is 87.5 cm³/mol. The molecule has 1 aromatic rings. The average Bonchev–Trinajstić information content (AvgIpc) is 3.20. The molecule has 5 nitrogen and oxygen atoms in total. The third-order valence-electron chi connectivity index (χ3n) is 5.51. The van der Waals surface area contributed by atoms with Gasteiger partial charge >= 0.3 is 0 Å². The van der Waals surface area contributed by atoms with Crippen molar-refractivity contribution in [3.63, 3.8) is 0 Å². The normalized spacial score (nSPS) is 28.7. The molecular formula is C17H24N2O3S. The van der Waals surface area contributed by atoms with E-state index < -0.39 is 10.0 Å². The molecule has 0 unspecified atom stereocenters. The van der Waals surface area contributed by atoms with Crippen molar-refractivity contribution in [3.05, 3.63) is 29.3 Å². The molecule has 3 heterocycles. The van der Waals surface area contributed by atoms with E-state index in [2.05, 4.69) is 11.8 Å². The Kier molecular flexibility index (Phi) is 3.96. The molecule has 0 spiro atoms. The molecule has 4 rings (SSSR count). The lowest BCUT2D eigenvalue weighted by Crippen LogP contribution is -2.57. The molecule has 3 aliphatic heterocycles. The lowest BCUT2D eigenvalue weighted by Gasteiger charge is -2.42. The summed E-state index contributed by atoms with van der Waals surface area (Å²) in [5, 5.41) is 0. The van der Waals surface area contributed by atoms with Crippen LogP contribution in [0.4, 0.5) is 0 Å². The van der Waals surface area contributed by atoms with Crippen LogP contribution < -0.4 is 0 Å². The van der Waals surface area contributed by atoms with Crippen LogP contribution in [0.5, 0.6) is 0 Å². The Morgan fingerprint density at radius 2 is 2.04 bits per heavy atom. The first-order chi connectivity index (χ1) is 11.1. The van der Waals surface area contributed by atoms with E-state index >= 15 is 0 Å². The summed E-state index contributed by atoms with van der Waals surface area (Å²) in [6, 6.07) is 5.94. The van der Waals surface area contributed by atoms with Crippen molar-refractivity contribution in [2.24, 2.45) is 0 Å². The van der Waals surface area contributed by atoms with Gasteiger partial charge in [-0.05, 0) is 49.1 Å². The molecule has 6 heteroatoms. The van der Waals surface area contributed by atoms with Crippen LogP contribution in [0, 0.1) is 0 Å². The first kappa shape index (κ1) is 15.6. The molecule has 23 heavy (non-hydrogen) atoms. The molecule has 0 bridgehead atoms. The summed E-state index contributed by atoms with van der Waals surface area (Å²) in [4.78, 5) is 2.89. The fraction of sp³-hybridized carbons (Fsp3) is 0.647. The summed E-state index contributed by atoms with van der Waals surface area (Å²) in [6.45, 7) is 5.81. The maximum atomic E-state index is 13.2. The fourth-order valence-corrected chi connectivity index (χ4v) is 5.91. The highest BCUT2D eigenvalue weighted by Crippen LogP contribution is 2.31. The minimum absolute atomic E-state index is 0.0823. The molecule has 0 saturated carbocycles. The van der Waals surface area contributed by atoms with Crippen LogP contribution in [0.1, 0.15) is 37.3 Å². The van der Waals surface area contributed by atoms with Gasteiger partial charge in [0.05, 0.1) is 18.1 Å². The van der Waals surface area contributed by atoms with E-state index in [9.17, 15) is 8.42 Å². The molecule has 0 aromatic heterocycles. The smallest absolute Gasteiger partial charge is 0.243 e. The highest BCUT2D eigenvalue weighted by molar-refractivity contribution is 7.89. The Balaban J connectivity index is 1.66. The SMILES string of the molecule is CC[C@@H]1CN2CCC[C@@H]2CN1S(=O)(=O)c1ccc2c(c1)COC2. The summed E-state index contributed by atoms with van der Waals surface area (Å²) in [5.74, 6) is 0. The second-order valence-corrected chi connectivity index (χ2v) is 8.74. The van der Waals surface area contributed by atoms with Gasteiger partial charge in [-0.25, -0.2) is 8.42 Å². The van der Waals surface area contributed by atoms with Crippen molar-refractivity contribution in [2.75, 3.05) is 19.6 Å². The van der Waals surface area contributed by atoms with Gasteiger partial charge < -0.3 is 4.74 Å². The number of ether oxygens (including phenoxy) is 1. The van der Waals surface area contributed by atoms with Crippen molar-refractivity contribution in [2.45, 2.75) is 56.4 Å². The molecule has 0 amide bonds. The van der Waals surface area contributed by atoms with E-state index in [0.29, 0.717) is 30.7 Å². The van der Waals surface area contributed by atoms with Gasteiger partial charge in [-0.1, -0.05) is 13.0 Å². The number of benzene rings is 1. The fourth-order valence-electron chi connectivity index (χ4n) is 4.13. The zero-order chi connectivity index (χ0) is 16.0. The van der Waals surface area contributed by atoms with Gasteiger partial charge in [-0.2, -0.15) is 4.31 Å². The standard InChI is InChI=1S/C17H24N2O3S/c1-2-15-9-18-7-3-4-16(18)10-19(15)23(20,21)17-6-5-13-11-22-12-14(13)8-17/h5-6,8,15-16H,2-4,7,9-12H2,1H3/t15-,16-/m1/s1. The molecule has 2 atom stereocenters. The second kappa shape index (κ2) is 5.84. The van der Waals surface area contributed by atoms with Crippen LogP contribution in [0.3, 0.4) is 0 Å². The minimum atomic E-state index is -3.43. The van der Waals surface area contributed by atoms with E-state index in [4.69, 9.17) is 4.74 Å². The minimum Gasteiger partial charge on any atom is -0.372 e. The Labute approximate surface area is 138 Å². The molecule has 1 aromatic carbocycles. The Hall–Kier alpha value is -0.950. The van der Waals surface area contributed by atoms with Crippen LogP contribution in [0.2, 0.25) is 0 Å². The highest BCUT2D eigenvalue weighted by Gasteiger charge is 2.41. The lowest BCUT2D eigenvalue weighted by atomic mass is 10.1. The van der Waals surface area contributed by atoms with Gasteiger partial charge in [-0.3, -0.25) is 4.90 Å². The molecular weight excluding hydrogens is 312 g/mol. The third-order valence-corrected chi connectivity index (χ3v) is 7.43. The molecule has 126 valence electrons. The Bertz CT molecular complexity index is 704. The summed E-state index contributed by atoms with van der Waals surface area (Å²) in [7, 11) is -3.43. The van der Waals surface area contributed by atoms with Crippen molar-refractivity contribution < 1.29 is 13.2 Å². The Morgan fingerprint density at radius 1 is 1.22 bits per heavy atom. The Morgan fingerprint density at radius 3 is 2.87 bits per heavy atom. The van der Waals surface area contributed by atoms with E-state index in [1.165, 1.54) is 6.42 Å². The summed E-state index contributed by atoms with van der Waals surface area (Å²) < 4.78 is 33.6. The number of hydrogen-bond acceptors (Lipinski definition) is 4. The molecule has 0 radical (unpaired) electrons.